The van der Waals surface area contributed by atoms with Gasteiger partial charge < -0.3 is 4.74 Å². The highest BCUT2D eigenvalue weighted by Gasteiger charge is 2.28. The fourth-order valence-corrected chi connectivity index (χ4v) is 1.11. The van der Waals surface area contributed by atoms with Gasteiger partial charge in [-0.25, -0.2) is 14.6 Å². The lowest BCUT2D eigenvalue weighted by atomic mass is 9.94. The van der Waals surface area contributed by atoms with Gasteiger partial charge in [0.2, 0.25) is 5.91 Å². The van der Waals surface area contributed by atoms with E-state index in [9.17, 15) is 13.6 Å². The van der Waals surface area contributed by atoms with E-state index in [0.29, 0.717) is 6.07 Å². The Morgan fingerprint density at radius 1 is 1.47 bits per heavy atom. The minimum Gasteiger partial charge on any atom is -0.489 e. The fraction of sp³-hybridized carbons (Fsp3) is 0.364. The molecule has 1 aromatic rings. The number of hydrogen-bond acceptors (Lipinski definition) is 3. The zero-order valence-electron chi connectivity index (χ0n) is 9.59. The molecular formula is C11H14F2N2O2. The number of hydrazine groups is 1. The summed E-state index contributed by atoms with van der Waals surface area (Å²) in [4.78, 5) is 11.3. The standard InChI is InChI=1S/C11H14F2N2O2/c1-11(2,10(16)15-14)6-17-9-4-3-7(12)5-8(9)13/h3-5H,6,14H2,1-2H3,(H,15,16). The summed E-state index contributed by atoms with van der Waals surface area (Å²) < 4.78 is 31.0. The van der Waals surface area contributed by atoms with Crippen LogP contribution in [0.1, 0.15) is 13.8 Å². The first kappa shape index (κ1) is 13.4. The van der Waals surface area contributed by atoms with E-state index in [2.05, 4.69) is 0 Å². The number of ether oxygens (including phenoxy) is 1. The number of nitrogens with two attached hydrogens (primary N) is 1. The third kappa shape index (κ3) is 3.39. The molecule has 6 heteroatoms. The van der Waals surface area contributed by atoms with Crippen LogP contribution in [-0.2, 0) is 4.79 Å². The van der Waals surface area contributed by atoms with Crippen LogP contribution in [0.3, 0.4) is 0 Å². The summed E-state index contributed by atoms with van der Waals surface area (Å²) in [5, 5.41) is 0. The predicted octanol–water partition coefficient (Wildman–Crippen LogP) is 1.36. The van der Waals surface area contributed by atoms with Gasteiger partial charge in [0.25, 0.3) is 0 Å². The molecule has 1 amide bonds. The van der Waals surface area contributed by atoms with Crippen molar-refractivity contribution >= 4 is 5.91 Å². The van der Waals surface area contributed by atoms with Crippen molar-refractivity contribution in [1.29, 1.82) is 0 Å². The number of hydrogen-bond donors (Lipinski definition) is 2. The van der Waals surface area contributed by atoms with Crippen LogP contribution in [0.4, 0.5) is 8.78 Å². The van der Waals surface area contributed by atoms with Gasteiger partial charge in [0.15, 0.2) is 11.6 Å². The zero-order valence-corrected chi connectivity index (χ0v) is 9.59. The summed E-state index contributed by atoms with van der Waals surface area (Å²) in [6.45, 7) is 3.12. The molecule has 3 N–H and O–H groups in total. The molecule has 4 nitrogen and oxygen atoms in total. The van der Waals surface area contributed by atoms with Gasteiger partial charge in [-0.05, 0) is 26.0 Å². The molecule has 1 aromatic carbocycles. The van der Waals surface area contributed by atoms with Crippen LogP contribution < -0.4 is 16.0 Å². The summed E-state index contributed by atoms with van der Waals surface area (Å²) in [6.07, 6.45) is 0. The van der Waals surface area contributed by atoms with E-state index >= 15 is 0 Å². The number of benzene rings is 1. The smallest absolute Gasteiger partial charge is 0.242 e. The van der Waals surface area contributed by atoms with Crippen molar-refractivity contribution in [3.63, 3.8) is 0 Å². The van der Waals surface area contributed by atoms with Crippen molar-refractivity contribution in [3.8, 4) is 5.75 Å². The van der Waals surface area contributed by atoms with Crippen molar-refractivity contribution in [1.82, 2.24) is 5.43 Å². The molecule has 0 bridgehead atoms. The van der Waals surface area contributed by atoms with E-state index in [0.717, 1.165) is 6.07 Å². The molecule has 0 unspecified atom stereocenters. The highest BCUT2D eigenvalue weighted by atomic mass is 19.1. The van der Waals surface area contributed by atoms with E-state index in [1.807, 2.05) is 5.43 Å². The first-order valence-corrected chi connectivity index (χ1v) is 4.96. The molecule has 0 atom stereocenters. The van der Waals surface area contributed by atoms with Gasteiger partial charge >= 0.3 is 0 Å². The third-order valence-electron chi connectivity index (χ3n) is 2.23. The second-order valence-corrected chi connectivity index (χ2v) is 4.22. The number of carbonyl (C=O) groups is 1. The molecule has 0 heterocycles. The molecule has 0 fully saturated rings. The Morgan fingerprint density at radius 2 is 2.12 bits per heavy atom. The van der Waals surface area contributed by atoms with Crippen molar-refractivity contribution < 1.29 is 18.3 Å². The average Bonchev–Trinajstić information content (AvgIpc) is 2.26. The highest BCUT2D eigenvalue weighted by Crippen LogP contribution is 2.22. The molecule has 0 saturated carbocycles. The summed E-state index contributed by atoms with van der Waals surface area (Å²) in [6, 6.07) is 2.96. The maximum absolute atomic E-state index is 13.2. The van der Waals surface area contributed by atoms with Crippen LogP contribution in [0.2, 0.25) is 0 Å². The first-order chi connectivity index (χ1) is 7.86. The first-order valence-electron chi connectivity index (χ1n) is 4.96. The monoisotopic (exact) mass is 244 g/mol. The molecule has 17 heavy (non-hydrogen) atoms. The minimum absolute atomic E-state index is 0.0708. The van der Waals surface area contributed by atoms with Crippen LogP contribution >= 0.6 is 0 Å². The Bertz CT molecular complexity index is 422. The average molecular weight is 244 g/mol. The van der Waals surface area contributed by atoms with Gasteiger partial charge in [0.1, 0.15) is 12.4 Å². The van der Waals surface area contributed by atoms with E-state index in [1.54, 1.807) is 13.8 Å². The van der Waals surface area contributed by atoms with Crippen LogP contribution in [0.15, 0.2) is 18.2 Å². The fourth-order valence-electron chi connectivity index (χ4n) is 1.11. The number of carbonyl (C=O) groups excluding carboxylic acids is 1. The number of amides is 1. The van der Waals surface area contributed by atoms with Crippen molar-refractivity contribution in [3.05, 3.63) is 29.8 Å². The Labute approximate surface area is 97.7 Å². The summed E-state index contributed by atoms with van der Waals surface area (Å²) in [7, 11) is 0. The Balaban J connectivity index is 2.70. The maximum atomic E-state index is 13.2. The molecule has 1 rings (SSSR count). The van der Waals surface area contributed by atoms with E-state index in [4.69, 9.17) is 10.6 Å². The topological polar surface area (TPSA) is 64.3 Å². The molecule has 0 aliphatic rings. The van der Waals surface area contributed by atoms with Gasteiger partial charge in [-0.1, -0.05) is 0 Å². The number of nitrogens with one attached hydrogen (secondary N) is 1. The Hall–Kier alpha value is -1.69. The Kier molecular flexibility index (Phi) is 4.01. The number of rotatable bonds is 4. The van der Waals surface area contributed by atoms with Gasteiger partial charge in [-0.15, -0.1) is 0 Å². The van der Waals surface area contributed by atoms with Gasteiger partial charge in [-0.3, -0.25) is 10.2 Å². The molecule has 0 aliphatic carbocycles. The second kappa shape index (κ2) is 5.09. The summed E-state index contributed by atoms with van der Waals surface area (Å²) >= 11 is 0. The van der Waals surface area contributed by atoms with E-state index in [-0.39, 0.29) is 12.4 Å². The molecule has 0 aromatic heterocycles. The van der Waals surface area contributed by atoms with Crippen LogP contribution in [0.25, 0.3) is 0 Å². The molecular weight excluding hydrogens is 230 g/mol. The summed E-state index contributed by atoms with van der Waals surface area (Å²) in [5.74, 6) is 2.96. The molecule has 0 aliphatic heterocycles. The zero-order chi connectivity index (χ0) is 13.1. The van der Waals surface area contributed by atoms with Gasteiger partial charge in [0, 0.05) is 6.07 Å². The van der Waals surface area contributed by atoms with Crippen molar-refractivity contribution in [2.45, 2.75) is 13.8 Å². The largest absolute Gasteiger partial charge is 0.489 e. The molecule has 0 saturated heterocycles. The van der Waals surface area contributed by atoms with Crippen LogP contribution in [0, 0.1) is 17.0 Å². The third-order valence-corrected chi connectivity index (χ3v) is 2.23. The van der Waals surface area contributed by atoms with Crippen LogP contribution in [-0.4, -0.2) is 12.5 Å². The van der Waals surface area contributed by atoms with Crippen LogP contribution in [0.5, 0.6) is 5.75 Å². The van der Waals surface area contributed by atoms with Crippen molar-refractivity contribution in [2.75, 3.05) is 6.61 Å². The molecule has 94 valence electrons. The highest BCUT2D eigenvalue weighted by molar-refractivity contribution is 5.81. The van der Waals surface area contributed by atoms with E-state index in [1.165, 1.54) is 6.07 Å². The molecule has 0 spiro atoms. The van der Waals surface area contributed by atoms with Gasteiger partial charge in [-0.2, -0.15) is 0 Å². The molecule has 0 radical (unpaired) electrons. The predicted molar refractivity (Wildman–Crippen MR) is 58.0 cm³/mol. The van der Waals surface area contributed by atoms with Crippen molar-refractivity contribution in [2.24, 2.45) is 11.3 Å². The SMILES string of the molecule is CC(C)(COc1ccc(F)cc1F)C(=O)NN. The summed E-state index contributed by atoms with van der Waals surface area (Å²) in [5.41, 5.74) is 1.09. The normalized spacial score (nSPS) is 11.1. The quantitative estimate of drug-likeness (QED) is 0.477. The lowest BCUT2D eigenvalue weighted by molar-refractivity contribution is -0.130. The maximum Gasteiger partial charge on any atom is 0.242 e. The Morgan fingerprint density at radius 3 is 2.65 bits per heavy atom. The van der Waals surface area contributed by atoms with E-state index < -0.39 is 23.0 Å². The lowest BCUT2D eigenvalue weighted by Crippen LogP contribution is -2.44. The van der Waals surface area contributed by atoms with Gasteiger partial charge in [0.05, 0.1) is 5.41 Å². The minimum atomic E-state index is -0.907. The lowest BCUT2D eigenvalue weighted by Gasteiger charge is -2.22. The number of halogens is 2. The second-order valence-electron chi connectivity index (χ2n) is 4.22.